The molecule has 0 radical (unpaired) electrons. The average molecular weight is 394 g/mol. The van der Waals surface area contributed by atoms with Gasteiger partial charge in [-0.25, -0.2) is 8.78 Å². The molecule has 0 unspecified atom stereocenters. The minimum Gasteiger partial charge on any atom is -0.335 e. The van der Waals surface area contributed by atoms with E-state index in [2.05, 4.69) is 22.5 Å². The second kappa shape index (κ2) is 8.73. The molecule has 2 aromatic rings. The predicted molar refractivity (Wildman–Crippen MR) is 94.4 cm³/mol. The molecule has 126 valence electrons. The summed E-state index contributed by atoms with van der Waals surface area (Å²) < 4.78 is 28.3. The molecule has 0 aromatic heterocycles. The zero-order valence-electron chi connectivity index (χ0n) is 13.1. The summed E-state index contributed by atoms with van der Waals surface area (Å²) in [6.45, 7) is 4.09. The van der Waals surface area contributed by atoms with Crippen molar-refractivity contribution in [1.82, 2.24) is 4.90 Å². The Morgan fingerprint density at radius 3 is 2.54 bits per heavy atom. The molecule has 0 aliphatic carbocycles. The largest absolute Gasteiger partial charge is 0.335 e. The SMILES string of the molecule is C=CCN(Cc1cc(Br)ccc1F)C(=O)CCc1ccccc1F. The van der Waals surface area contributed by atoms with Crippen molar-refractivity contribution in [3.8, 4) is 0 Å². The Kier molecular flexibility index (Phi) is 6.67. The maximum Gasteiger partial charge on any atom is 0.223 e. The Labute approximate surface area is 148 Å². The lowest BCUT2D eigenvalue weighted by atomic mass is 10.1. The quantitative estimate of drug-likeness (QED) is 0.614. The molecule has 0 atom stereocenters. The van der Waals surface area contributed by atoms with E-state index in [4.69, 9.17) is 0 Å². The molecule has 1 amide bonds. The van der Waals surface area contributed by atoms with E-state index in [1.165, 1.54) is 17.0 Å². The highest BCUT2D eigenvalue weighted by molar-refractivity contribution is 9.10. The smallest absolute Gasteiger partial charge is 0.223 e. The number of nitrogens with zero attached hydrogens (tertiary/aromatic N) is 1. The van der Waals surface area contributed by atoms with Crippen molar-refractivity contribution in [3.05, 3.63) is 82.4 Å². The molecule has 0 saturated carbocycles. The van der Waals surface area contributed by atoms with E-state index in [0.717, 1.165) is 4.47 Å². The zero-order valence-corrected chi connectivity index (χ0v) is 14.7. The van der Waals surface area contributed by atoms with Gasteiger partial charge in [-0.15, -0.1) is 6.58 Å². The molecule has 24 heavy (non-hydrogen) atoms. The van der Waals surface area contributed by atoms with Crippen LogP contribution in [0.1, 0.15) is 17.5 Å². The third kappa shape index (κ3) is 4.99. The van der Waals surface area contributed by atoms with Gasteiger partial charge in [-0.3, -0.25) is 4.79 Å². The maximum atomic E-state index is 13.9. The van der Waals surface area contributed by atoms with E-state index < -0.39 is 0 Å². The molecule has 0 N–H and O–H groups in total. The van der Waals surface area contributed by atoms with Crippen molar-refractivity contribution >= 4 is 21.8 Å². The van der Waals surface area contributed by atoms with Gasteiger partial charge in [0.2, 0.25) is 5.91 Å². The summed E-state index contributed by atoms with van der Waals surface area (Å²) in [4.78, 5) is 14.0. The van der Waals surface area contributed by atoms with Gasteiger partial charge < -0.3 is 4.90 Å². The Morgan fingerprint density at radius 2 is 1.83 bits per heavy atom. The van der Waals surface area contributed by atoms with Crippen molar-refractivity contribution in [1.29, 1.82) is 0 Å². The number of hydrogen-bond acceptors (Lipinski definition) is 1. The van der Waals surface area contributed by atoms with Gasteiger partial charge >= 0.3 is 0 Å². The molecule has 0 bridgehead atoms. The molecule has 2 nitrogen and oxygen atoms in total. The average Bonchev–Trinajstić information content (AvgIpc) is 2.56. The first-order valence-electron chi connectivity index (χ1n) is 7.57. The van der Waals surface area contributed by atoms with Gasteiger partial charge in [-0.1, -0.05) is 40.2 Å². The minimum atomic E-state index is -0.367. The molecule has 0 heterocycles. The molecule has 0 spiro atoms. The van der Waals surface area contributed by atoms with Gasteiger partial charge in [0, 0.05) is 29.5 Å². The molecule has 0 saturated heterocycles. The number of rotatable bonds is 7. The summed E-state index contributed by atoms with van der Waals surface area (Å²) in [5.74, 6) is -0.856. The van der Waals surface area contributed by atoms with Crippen molar-refractivity contribution in [3.63, 3.8) is 0 Å². The molecule has 2 rings (SSSR count). The molecule has 0 aliphatic heterocycles. The van der Waals surface area contributed by atoms with Crippen LogP contribution in [0.25, 0.3) is 0 Å². The normalized spacial score (nSPS) is 10.5. The Bertz CT molecular complexity index is 733. The molecule has 5 heteroatoms. The van der Waals surface area contributed by atoms with Crippen LogP contribution in [0.15, 0.2) is 59.6 Å². The van der Waals surface area contributed by atoms with E-state index in [-0.39, 0.29) is 30.5 Å². The highest BCUT2D eigenvalue weighted by atomic mass is 79.9. The van der Waals surface area contributed by atoms with E-state index in [9.17, 15) is 13.6 Å². The van der Waals surface area contributed by atoms with Crippen LogP contribution < -0.4 is 0 Å². The molecule has 0 fully saturated rings. The first-order valence-corrected chi connectivity index (χ1v) is 8.36. The summed E-state index contributed by atoms with van der Waals surface area (Å²) in [6, 6.07) is 11.0. The summed E-state index contributed by atoms with van der Waals surface area (Å²) >= 11 is 3.30. The highest BCUT2D eigenvalue weighted by Gasteiger charge is 2.16. The fraction of sp³-hybridized carbons (Fsp3) is 0.211. The van der Waals surface area contributed by atoms with Crippen LogP contribution in [0, 0.1) is 11.6 Å². The fourth-order valence-electron chi connectivity index (χ4n) is 2.38. The Balaban J connectivity index is 2.06. The van der Waals surface area contributed by atoms with Crippen LogP contribution in [0.3, 0.4) is 0 Å². The number of halogens is 3. The topological polar surface area (TPSA) is 20.3 Å². The maximum absolute atomic E-state index is 13.9. The fourth-order valence-corrected chi connectivity index (χ4v) is 2.79. The first-order chi connectivity index (χ1) is 11.5. The minimum absolute atomic E-state index is 0.146. The van der Waals surface area contributed by atoms with Crippen molar-refractivity contribution in [2.75, 3.05) is 6.54 Å². The van der Waals surface area contributed by atoms with E-state index in [1.54, 1.807) is 36.4 Å². The number of aryl methyl sites for hydroxylation is 1. The van der Waals surface area contributed by atoms with Crippen LogP contribution in [0.5, 0.6) is 0 Å². The lowest BCUT2D eigenvalue weighted by molar-refractivity contribution is -0.131. The van der Waals surface area contributed by atoms with Crippen LogP contribution >= 0.6 is 15.9 Å². The van der Waals surface area contributed by atoms with Crippen molar-refractivity contribution in [2.45, 2.75) is 19.4 Å². The Hall–Kier alpha value is -2.01. The lowest BCUT2D eigenvalue weighted by Crippen LogP contribution is -2.31. The third-order valence-corrected chi connectivity index (χ3v) is 4.13. The number of hydrogen-bond donors (Lipinski definition) is 0. The summed E-state index contributed by atoms with van der Waals surface area (Å²) in [6.07, 6.45) is 2.06. The monoisotopic (exact) mass is 393 g/mol. The second-order valence-electron chi connectivity index (χ2n) is 5.39. The predicted octanol–water partition coefficient (Wildman–Crippen LogP) is 4.87. The van der Waals surface area contributed by atoms with Crippen LogP contribution in [-0.4, -0.2) is 17.4 Å². The van der Waals surface area contributed by atoms with Crippen LogP contribution in [0.4, 0.5) is 8.78 Å². The summed E-state index contributed by atoms with van der Waals surface area (Å²) in [5.41, 5.74) is 0.920. The van der Waals surface area contributed by atoms with Gasteiger partial charge in [0.05, 0.1) is 0 Å². The molecule has 2 aromatic carbocycles. The lowest BCUT2D eigenvalue weighted by Gasteiger charge is -2.22. The molecule has 0 aliphatic rings. The van der Waals surface area contributed by atoms with E-state index in [1.807, 2.05) is 0 Å². The molecular weight excluding hydrogens is 376 g/mol. The van der Waals surface area contributed by atoms with Crippen molar-refractivity contribution in [2.24, 2.45) is 0 Å². The van der Waals surface area contributed by atoms with Crippen LogP contribution in [-0.2, 0) is 17.8 Å². The van der Waals surface area contributed by atoms with Crippen LogP contribution in [0.2, 0.25) is 0 Å². The van der Waals surface area contributed by atoms with E-state index in [0.29, 0.717) is 24.1 Å². The van der Waals surface area contributed by atoms with Gasteiger partial charge in [0.25, 0.3) is 0 Å². The summed E-state index contributed by atoms with van der Waals surface area (Å²) in [7, 11) is 0. The number of amides is 1. The second-order valence-corrected chi connectivity index (χ2v) is 6.31. The van der Waals surface area contributed by atoms with E-state index >= 15 is 0 Å². The summed E-state index contributed by atoms with van der Waals surface area (Å²) in [5, 5.41) is 0. The highest BCUT2D eigenvalue weighted by Crippen LogP contribution is 2.18. The standard InChI is InChI=1S/C19H18BrF2NO/c1-2-11-23(13-15-12-16(20)8-9-18(15)22)19(24)10-7-14-5-3-4-6-17(14)21/h2-6,8-9,12H,1,7,10-11,13H2. The number of carbonyl (C=O) groups excluding carboxylic acids is 1. The van der Waals surface area contributed by atoms with Crippen molar-refractivity contribution < 1.29 is 13.6 Å². The zero-order chi connectivity index (χ0) is 17.5. The van der Waals surface area contributed by atoms with Gasteiger partial charge in [0.15, 0.2) is 0 Å². The third-order valence-electron chi connectivity index (χ3n) is 3.64. The van der Waals surface area contributed by atoms with Gasteiger partial charge in [-0.05, 0) is 36.2 Å². The number of benzene rings is 2. The molecular formula is C19H18BrF2NO. The first kappa shape index (κ1) is 18.3. The van der Waals surface area contributed by atoms with Gasteiger partial charge in [-0.2, -0.15) is 0 Å². The number of carbonyl (C=O) groups is 1. The van der Waals surface area contributed by atoms with Gasteiger partial charge in [0.1, 0.15) is 11.6 Å². The Morgan fingerprint density at radius 1 is 1.12 bits per heavy atom.